The van der Waals surface area contributed by atoms with Gasteiger partial charge in [-0.1, -0.05) is 11.6 Å². The van der Waals surface area contributed by atoms with E-state index in [9.17, 15) is 14.2 Å². The van der Waals surface area contributed by atoms with Crippen LogP contribution >= 0.6 is 7.60 Å². The van der Waals surface area contributed by atoms with E-state index in [1.165, 1.54) is 13.8 Å². The minimum atomic E-state index is -4.22. The molecule has 0 rings (SSSR count). The van der Waals surface area contributed by atoms with Crippen LogP contribution in [0.15, 0.2) is 11.6 Å². The molecule has 0 spiro atoms. The van der Waals surface area contributed by atoms with Crippen LogP contribution in [0.5, 0.6) is 0 Å². The van der Waals surface area contributed by atoms with Crippen molar-refractivity contribution >= 4 is 19.5 Å². The number of ether oxygens (including phenoxy) is 1. The minimum absolute atomic E-state index is 0.218. The molecule has 0 aliphatic heterocycles. The van der Waals surface area contributed by atoms with Crippen LogP contribution in [-0.4, -0.2) is 45.1 Å². The third-order valence-electron chi connectivity index (χ3n) is 1.83. The highest BCUT2D eigenvalue weighted by Gasteiger charge is 2.21. The maximum absolute atomic E-state index is 11.3. The van der Waals surface area contributed by atoms with Gasteiger partial charge in [-0.25, -0.2) is 9.59 Å². The molecule has 0 heterocycles. The van der Waals surface area contributed by atoms with Crippen LogP contribution in [0.1, 0.15) is 13.8 Å². The summed E-state index contributed by atoms with van der Waals surface area (Å²) in [5.74, 6) is -2.29. The van der Waals surface area contributed by atoms with E-state index in [1.807, 2.05) is 0 Å². The number of allylic oxidation sites excluding steroid dienone is 1. The lowest BCUT2D eigenvalue weighted by Gasteiger charge is -2.12. The zero-order valence-electron chi connectivity index (χ0n) is 9.94. The largest absolute Gasteiger partial charge is 0.479 e. The first kappa shape index (κ1) is 16.8. The topological polar surface area (TPSA) is 147 Å². The lowest BCUT2D eigenvalue weighted by Crippen LogP contribution is -2.35. The Labute approximate surface area is 104 Å². The summed E-state index contributed by atoms with van der Waals surface area (Å²) < 4.78 is 15.2. The average molecular weight is 281 g/mol. The fraction of sp³-hybridized carbons (Fsp3) is 0.556. The molecule has 0 aromatic rings. The number of nitrogens with two attached hydrogens (primary N) is 1. The zero-order chi connectivity index (χ0) is 14.5. The number of hydrogen-bond donors (Lipinski definition) is 4. The number of rotatable bonds is 6. The molecule has 0 bridgehead atoms. The monoisotopic (exact) mass is 281 g/mol. The van der Waals surface area contributed by atoms with E-state index in [0.29, 0.717) is 0 Å². The smallest absolute Gasteiger partial charge is 0.344 e. The van der Waals surface area contributed by atoms with Gasteiger partial charge in [0.05, 0.1) is 6.16 Å². The number of carbonyl (C=O) groups excluding carboxylic acids is 1. The number of carboxylic acid groups (broad SMARTS) is 1. The van der Waals surface area contributed by atoms with Crippen molar-refractivity contribution in [3.05, 3.63) is 11.6 Å². The first-order valence-electron chi connectivity index (χ1n) is 4.93. The summed E-state index contributed by atoms with van der Waals surface area (Å²) in [7, 11) is -4.22. The summed E-state index contributed by atoms with van der Waals surface area (Å²) in [6.07, 6.45) is -0.739. The Morgan fingerprint density at radius 3 is 2.33 bits per heavy atom. The number of aliphatic carboxylic acids is 1. The lowest BCUT2D eigenvalue weighted by molar-refractivity contribution is -0.162. The molecule has 2 unspecified atom stereocenters. The lowest BCUT2D eigenvalue weighted by atomic mass is 10.2. The van der Waals surface area contributed by atoms with Crippen molar-refractivity contribution < 1.29 is 33.8 Å². The van der Waals surface area contributed by atoms with Crippen molar-refractivity contribution in [2.45, 2.75) is 26.0 Å². The van der Waals surface area contributed by atoms with Crippen molar-refractivity contribution in [1.82, 2.24) is 0 Å². The maximum Gasteiger partial charge on any atom is 0.344 e. The van der Waals surface area contributed by atoms with Gasteiger partial charge in [-0.2, -0.15) is 0 Å². The molecule has 0 aromatic carbocycles. The average Bonchev–Trinajstić information content (AvgIpc) is 2.13. The van der Waals surface area contributed by atoms with E-state index in [-0.39, 0.29) is 5.57 Å². The highest BCUT2D eigenvalue weighted by molar-refractivity contribution is 7.52. The van der Waals surface area contributed by atoms with Gasteiger partial charge >= 0.3 is 19.5 Å². The quantitative estimate of drug-likeness (QED) is 0.288. The summed E-state index contributed by atoms with van der Waals surface area (Å²) in [6.45, 7) is 2.56. The predicted molar refractivity (Wildman–Crippen MR) is 61.8 cm³/mol. The number of esters is 1. The highest BCUT2D eigenvalue weighted by Crippen LogP contribution is 2.36. The van der Waals surface area contributed by atoms with Crippen LogP contribution in [0.4, 0.5) is 0 Å². The first-order chi connectivity index (χ1) is 8.03. The van der Waals surface area contributed by atoms with Crippen molar-refractivity contribution in [2.24, 2.45) is 5.73 Å². The van der Waals surface area contributed by atoms with Gasteiger partial charge in [0.15, 0.2) is 6.10 Å². The second-order valence-electron chi connectivity index (χ2n) is 3.78. The number of hydrogen-bond acceptors (Lipinski definition) is 5. The fourth-order valence-electron chi connectivity index (χ4n) is 1.06. The number of carbonyl (C=O) groups is 2. The van der Waals surface area contributed by atoms with Crippen molar-refractivity contribution in [3.63, 3.8) is 0 Å². The Balaban J connectivity index is 4.52. The van der Waals surface area contributed by atoms with E-state index in [1.54, 1.807) is 0 Å². The molecule has 0 saturated heterocycles. The van der Waals surface area contributed by atoms with Crippen LogP contribution in [0.2, 0.25) is 0 Å². The maximum atomic E-state index is 11.3. The molecule has 2 atom stereocenters. The van der Waals surface area contributed by atoms with Crippen molar-refractivity contribution in [1.29, 1.82) is 0 Å². The normalized spacial score (nSPS) is 15.9. The third-order valence-corrected chi connectivity index (χ3v) is 2.74. The van der Waals surface area contributed by atoms with Crippen LogP contribution in [0, 0.1) is 0 Å². The summed E-state index contributed by atoms with van der Waals surface area (Å²) in [5, 5.41) is 8.51. The van der Waals surface area contributed by atoms with E-state index < -0.39 is 37.8 Å². The molecule has 0 saturated carbocycles. The number of carboxylic acids is 1. The Bertz CT molecular complexity index is 400. The standard InChI is InChI=1S/C9H16NO7P/c1-5(4-18(14,15)16)3-7(10)9(13)17-6(2)8(11)12/h3,6-7H,4,10H2,1-2H3,(H,11,12)(H2,14,15,16)/b5-3+. The molecule has 9 heteroatoms. The van der Waals surface area contributed by atoms with Gasteiger partial charge in [0.25, 0.3) is 0 Å². The summed E-state index contributed by atoms with van der Waals surface area (Å²) >= 11 is 0. The minimum Gasteiger partial charge on any atom is -0.479 e. The van der Waals surface area contributed by atoms with Gasteiger partial charge in [0.1, 0.15) is 6.04 Å². The van der Waals surface area contributed by atoms with Crippen LogP contribution in [0.25, 0.3) is 0 Å². The van der Waals surface area contributed by atoms with Crippen molar-refractivity contribution in [2.75, 3.05) is 6.16 Å². The van der Waals surface area contributed by atoms with Gasteiger partial charge in [0.2, 0.25) is 0 Å². The molecule has 5 N–H and O–H groups in total. The predicted octanol–water partition coefficient (Wildman–Crippen LogP) is -0.546. The van der Waals surface area contributed by atoms with E-state index in [0.717, 1.165) is 6.08 Å². The Kier molecular flexibility index (Phi) is 6.20. The molecular weight excluding hydrogens is 265 g/mol. The molecular formula is C9H16NO7P. The summed E-state index contributed by atoms with van der Waals surface area (Å²) in [4.78, 5) is 39.1. The molecule has 0 aromatic heterocycles. The van der Waals surface area contributed by atoms with Gasteiger partial charge in [-0.05, 0) is 13.8 Å². The molecule has 0 radical (unpaired) electrons. The molecule has 0 aliphatic rings. The van der Waals surface area contributed by atoms with E-state index in [4.69, 9.17) is 20.6 Å². The van der Waals surface area contributed by atoms with Crippen LogP contribution < -0.4 is 5.73 Å². The van der Waals surface area contributed by atoms with E-state index in [2.05, 4.69) is 4.74 Å². The first-order valence-corrected chi connectivity index (χ1v) is 6.73. The fourth-order valence-corrected chi connectivity index (χ4v) is 1.81. The Morgan fingerprint density at radius 1 is 1.44 bits per heavy atom. The van der Waals surface area contributed by atoms with Gasteiger partial charge < -0.3 is 25.4 Å². The highest BCUT2D eigenvalue weighted by atomic mass is 31.2. The molecule has 0 fully saturated rings. The SMILES string of the molecule is C/C(=C\C(N)C(=O)OC(C)C(=O)O)CP(=O)(O)O. The summed E-state index contributed by atoms with van der Waals surface area (Å²) in [6, 6.07) is -1.27. The Hall–Kier alpha value is -1.21. The van der Waals surface area contributed by atoms with Gasteiger partial charge in [-0.3, -0.25) is 4.57 Å². The van der Waals surface area contributed by atoms with Crippen LogP contribution in [-0.2, 0) is 18.9 Å². The van der Waals surface area contributed by atoms with Crippen molar-refractivity contribution in [3.8, 4) is 0 Å². The second-order valence-corrected chi connectivity index (χ2v) is 5.42. The molecule has 8 nitrogen and oxygen atoms in total. The molecule has 0 amide bonds. The van der Waals surface area contributed by atoms with Gasteiger partial charge in [-0.15, -0.1) is 0 Å². The van der Waals surface area contributed by atoms with E-state index >= 15 is 0 Å². The summed E-state index contributed by atoms with van der Waals surface area (Å²) in [5.41, 5.74) is 5.61. The Morgan fingerprint density at radius 2 is 1.94 bits per heavy atom. The molecule has 18 heavy (non-hydrogen) atoms. The molecule has 0 aliphatic carbocycles. The third kappa shape index (κ3) is 7.18. The zero-order valence-corrected chi connectivity index (χ0v) is 10.8. The van der Waals surface area contributed by atoms with Gasteiger partial charge in [0, 0.05) is 0 Å². The molecule has 104 valence electrons. The van der Waals surface area contributed by atoms with Crippen LogP contribution in [0.3, 0.4) is 0 Å². The second kappa shape index (κ2) is 6.65.